The normalized spacial score (nSPS) is 10.1. The summed E-state index contributed by atoms with van der Waals surface area (Å²) >= 11 is 0. The molecule has 0 saturated heterocycles. The van der Waals surface area contributed by atoms with Gasteiger partial charge in [-0.1, -0.05) is 11.3 Å². The zero-order valence-corrected chi connectivity index (χ0v) is 10.0. The van der Waals surface area contributed by atoms with Gasteiger partial charge < -0.3 is 10.7 Å². The van der Waals surface area contributed by atoms with Gasteiger partial charge in [0.1, 0.15) is 5.69 Å². The van der Waals surface area contributed by atoms with Crippen molar-refractivity contribution in [1.82, 2.24) is 25.9 Å². The SMILES string of the molecule is NNc1c(C(=O)NCc2nn[nH]n2)cccc1[N+](=O)[O-]. The fourth-order valence-corrected chi connectivity index (χ4v) is 1.55. The smallest absolute Gasteiger partial charge is 0.294 e. The predicted octanol–water partition coefficient (Wildman–Crippen LogP) is -0.677. The Morgan fingerprint density at radius 2 is 2.30 bits per heavy atom. The zero-order chi connectivity index (χ0) is 14.5. The molecule has 0 fully saturated rings. The number of para-hydroxylation sites is 1. The minimum Gasteiger partial charge on any atom is -0.345 e. The predicted molar refractivity (Wildman–Crippen MR) is 66.3 cm³/mol. The fourth-order valence-electron chi connectivity index (χ4n) is 1.55. The zero-order valence-electron chi connectivity index (χ0n) is 10.0. The van der Waals surface area contributed by atoms with Crippen LogP contribution in [0.2, 0.25) is 0 Å². The molecule has 1 aromatic heterocycles. The Hall–Kier alpha value is -3.08. The highest BCUT2D eigenvalue weighted by molar-refractivity contribution is 6.01. The van der Waals surface area contributed by atoms with E-state index in [1.165, 1.54) is 18.2 Å². The number of nitro groups is 1. The molecule has 0 spiro atoms. The van der Waals surface area contributed by atoms with Crippen molar-refractivity contribution in [3.63, 3.8) is 0 Å². The first kappa shape index (κ1) is 13.4. The van der Waals surface area contributed by atoms with E-state index in [1.54, 1.807) is 0 Å². The molecular formula is C9H10N8O3. The number of hydrogen-bond donors (Lipinski definition) is 4. The molecule has 1 heterocycles. The Morgan fingerprint density at radius 3 is 2.90 bits per heavy atom. The number of carbonyl (C=O) groups excluding carboxylic acids is 1. The molecule has 2 aromatic rings. The highest BCUT2D eigenvalue weighted by Crippen LogP contribution is 2.27. The van der Waals surface area contributed by atoms with Gasteiger partial charge in [0.05, 0.1) is 17.0 Å². The molecule has 20 heavy (non-hydrogen) atoms. The van der Waals surface area contributed by atoms with Crippen LogP contribution in [0.5, 0.6) is 0 Å². The number of tetrazole rings is 1. The number of anilines is 1. The molecule has 0 bridgehead atoms. The Kier molecular flexibility index (Phi) is 3.81. The van der Waals surface area contributed by atoms with Crippen LogP contribution in [0.3, 0.4) is 0 Å². The molecule has 0 atom stereocenters. The number of H-pyrrole nitrogens is 1. The third kappa shape index (κ3) is 2.67. The Morgan fingerprint density at radius 1 is 1.50 bits per heavy atom. The van der Waals surface area contributed by atoms with E-state index >= 15 is 0 Å². The summed E-state index contributed by atoms with van der Waals surface area (Å²) in [4.78, 5) is 22.2. The largest absolute Gasteiger partial charge is 0.345 e. The van der Waals surface area contributed by atoms with Gasteiger partial charge >= 0.3 is 0 Å². The molecule has 0 aliphatic rings. The Balaban J connectivity index is 2.21. The van der Waals surface area contributed by atoms with Crippen LogP contribution in [-0.4, -0.2) is 31.5 Å². The number of hydrazine groups is 1. The number of aromatic nitrogens is 4. The lowest BCUT2D eigenvalue weighted by molar-refractivity contribution is -0.384. The lowest BCUT2D eigenvalue weighted by Crippen LogP contribution is -2.25. The summed E-state index contributed by atoms with van der Waals surface area (Å²) in [5.74, 6) is 4.98. The average Bonchev–Trinajstić information content (AvgIpc) is 2.97. The van der Waals surface area contributed by atoms with Gasteiger partial charge in [-0.2, -0.15) is 5.21 Å². The number of aromatic amines is 1. The lowest BCUT2D eigenvalue weighted by Gasteiger charge is -2.08. The number of rotatable bonds is 5. The minimum atomic E-state index is -0.634. The van der Waals surface area contributed by atoms with Crippen LogP contribution in [0.25, 0.3) is 0 Å². The van der Waals surface area contributed by atoms with Crippen LogP contribution in [0.1, 0.15) is 16.2 Å². The van der Waals surface area contributed by atoms with E-state index < -0.39 is 10.8 Å². The van der Waals surface area contributed by atoms with Gasteiger partial charge in [0.2, 0.25) is 0 Å². The Labute approximate surface area is 111 Å². The van der Waals surface area contributed by atoms with Gasteiger partial charge in [0.15, 0.2) is 5.82 Å². The number of nitrogens with one attached hydrogen (secondary N) is 3. The molecule has 104 valence electrons. The number of benzene rings is 1. The van der Waals surface area contributed by atoms with Crippen LogP contribution in [0, 0.1) is 10.1 Å². The molecule has 0 aliphatic heterocycles. The first-order chi connectivity index (χ1) is 9.63. The van der Waals surface area contributed by atoms with Crippen molar-refractivity contribution in [3.05, 3.63) is 39.7 Å². The second-order valence-corrected chi connectivity index (χ2v) is 3.61. The van der Waals surface area contributed by atoms with E-state index in [0.29, 0.717) is 0 Å². The summed E-state index contributed by atoms with van der Waals surface area (Å²) in [7, 11) is 0. The van der Waals surface area contributed by atoms with Crippen LogP contribution in [0.4, 0.5) is 11.4 Å². The van der Waals surface area contributed by atoms with E-state index in [4.69, 9.17) is 5.84 Å². The van der Waals surface area contributed by atoms with Crippen LogP contribution >= 0.6 is 0 Å². The molecular weight excluding hydrogens is 268 g/mol. The van der Waals surface area contributed by atoms with Crippen molar-refractivity contribution in [1.29, 1.82) is 0 Å². The van der Waals surface area contributed by atoms with Crippen molar-refractivity contribution in [2.45, 2.75) is 6.54 Å². The van der Waals surface area contributed by atoms with Gasteiger partial charge in [-0.25, -0.2) is 0 Å². The van der Waals surface area contributed by atoms with Crippen LogP contribution in [-0.2, 0) is 6.54 Å². The number of amides is 1. The third-order valence-electron chi connectivity index (χ3n) is 2.42. The number of nitrogens with two attached hydrogens (primary N) is 1. The monoisotopic (exact) mass is 278 g/mol. The number of nitro benzene ring substituents is 1. The maximum Gasteiger partial charge on any atom is 0.294 e. The van der Waals surface area contributed by atoms with Gasteiger partial charge in [0, 0.05) is 6.07 Å². The van der Waals surface area contributed by atoms with E-state index in [0.717, 1.165) is 0 Å². The van der Waals surface area contributed by atoms with Gasteiger partial charge in [0.25, 0.3) is 11.6 Å². The summed E-state index contributed by atoms with van der Waals surface area (Å²) in [5.41, 5.74) is 1.86. The molecule has 5 N–H and O–H groups in total. The topological polar surface area (TPSA) is 165 Å². The lowest BCUT2D eigenvalue weighted by atomic mass is 10.1. The molecule has 1 amide bonds. The van der Waals surface area contributed by atoms with Crippen molar-refractivity contribution >= 4 is 17.3 Å². The van der Waals surface area contributed by atoms with Gasteiger partial charge in [-0.05, 0) is 6.07 Å². The second kappa shape index (κ2) is 5.71. The number of nitrogens with zero attached hydrogens (tertiary/aromatic N) is 4. The summed E-state index contributed by atoms with van der Waals surface area (Å²) in [6.07, 6.45) is 0. The maximum atomic E-state index is 12.0. The second-order valence-electron chi connectivity index (χ2n) is 3.61. The molecule has 11 heteroatoms. The first-order valence-electron chi connectivity index (χ1n) is 5.38. The highest BCUT2D eigenvalue weighted by Gasteiger charge is 2.20. The van der Waals surface area contributed by atoms with E-state index in [-0.39, 0.29) is 29.3 Å². The number of hydrogen-bond acceptors (Lipinski definition) is 8. The highest BCUT2D eigenvalue weighted by atomic mass is 16.6. The van der Waals surface area contributed by atoms with Gasteiger partial charge in [-0.15, -0.1) is 10.2 Å². The fraction of sp³-hybridized carbons (Fsp3) is 0.111. The van der Waals surface area contributed by atoms with Crippen LogP contribution in [0.15, 0.2) is 18.2 Å². The molecule has 0 radical (unpaired) electrons. The first-order valence-corrected chi connectivity index (χ1v) is 5.38. The van der Waals surface area contributed by atoms with Crippen molar-refractivity contribution in [2.75, 3.05) is 5.43 Å². The molecule has 0 aliphatic carbocycles. The average molecular weight is 278 g/mol. The quantitative estimate of drug-likeness (QED) is 0.317. The maximum absolute atomic E-state index is 12.0. The summed E-state index contributed by atoms with van der Waals surface area (Å²) in [6, 6.07) is 4.04. The Bertz CT molecular complexity index is 626. The van der Waals surface area contributed by atoms with Crippen LogP contribution < -0.4 is 16.6 Å². The molecule has 1 aromatic carbocycles. The summed E-state index contributed by atoms with van der Waals surface area (Å²) in [6.45, 7) is 0.0298. The van der Waals surface area contributed by atoms with E-state index in [9.17, 15) is 14.9 Å². The molecule has 11 nitrogen and oxygen atoms in total. The number of carbonyl (C=O) groups is 1. The molecule has 0 saturated carbocycles. The van der Waals surface area contributed by atoms with Crippen molar-refractivity contribution in [2.24, 2.45) is 5.84 Å². The minimum absolute atomic E-state index is 0.0298. The van der Waals surface area contributed by atoms with E-state index in [1.807, 2.05) is 0 Å². The standard InChI is InChI=1S/C9H10N8O3/c10-12-8-5(2-1-3-6(8)17(19)20)9(18)11-4-7-13-15-16-14-7/h1-3,12H,4,10H2,(H,11,18)(H,13,14,15,16). The van der Waals surface area contributed by atoms with Crippen molar-refractivity contribution in [3.8, 4) is 0 Å². The molecule has 2 rings (SSSR count). The van der Waals surface area contributed by atoms with Gasteiger partial charge in [-0.3, -0.25) is 20.8 Å². The third-order valence-corrected chi connectivity index (χ3v) is 2.42. The van der Waals surface area contributed by atoms with E-state index in [2.05, 4.69) is 31.4 Å². The molecule has 0 unspecified atom stereocenters. The summed E-state index contributed by atoms with van der Waals surface area (Å²) < 4.78 is 0. The number of nitrogen functional groups attached to an aromatic ring is 1. The summed E-state index contributed by atoms with van der Waals surface area (Å²) in [5, 5.41) is 26.2. The van der Waals surface area contributed by atoms with Crippen molar-refractivity contribution < 1.29 is 9.72 Å².